The molecule has 0 radical (unpaired) electrons. The highest BCUT2D eigenvalue weighted by molar-refractivity contribution is 5.95. The third kappa shape index (κ3) is 8.30. The zero-order chi connectivity index (χ0) is 28.6. The summed E-state index contributed by atoms with van der Waals surface area (Å²) < 4.78 is 0. The van der Waals surface area contributed by atoms with E-state index >= 15 is 0 Å². The van der Waals surface area contributed by atoms with Gasteiger partial charge in [-0.3, -0.25) is 19.2 Å². The smallest absolute Gasteiger partial charge is 0.326 e. The van der Waals surface area contributed by atoms with Crippen molar-refractivity contribution in [3.63, 3.8) is 0 Å². The van der Waals surface area contributed by atoms with Crippen LogP contribution in [0.5, 0.6) is 0 Å². The molecule has 12 nitrogen and oxygen atoms in total. The monoisotopic (exact) mass is 530 g/mol. The third-order valence-corrected chi connectivity index (χ3v) is 6.25. The van der Waals surface area contributed by atoms with Gasteiger partial charge >= 0.3 is 5.97 Å². The molecular formula is C26H38N6O6. The first-order valence-electron chi connectivity index (χ1n) is 12.5. The number of para-hydroxylation sites is 1. The number of carbonyl (C=O) groups excluding carboxylic acids is 4. The van der Waals surface area contributed by atoms with Gasteiger partial charge in [0.15, 0.2) is 0 Å². The number of nitrogens with two attached hydrogens (primary N) is 2. The van der Waals surface area contributed by atoms with E-state index in [1.807, 2.05) is 24.3 Å². The number of aromatic nitrogens is 1. The van der Waals surface area contributed by atoms with E-state index in [0.717, 1.165) is 16.5 Å². The van der Waals surface area contributed by atoms with Crippen LogP contribution in [0.15, 0.2) is 30.5 Å². The minimum atomic E-state index is -1.19. The molecule has 0 saturated carbocycles. The summed E-state index contributed by atoms with van der Waals surface area (Å²) in [5.74, 6) is -4.50. The van der Waals surface area contributed by atoms with Crippen molar-refractivity contribution in [1.29, 1.82) is 0 Å². The Morgan fingerprint density at radius 3 is 2.08 bits per heavy atom. The molecule has 208 valence electrons. The van der Waals surface area contributed by atoms with Crippen molar-refractivity contribution < 1.29 is 29.1 Å². The number of nitrogens with one attached hydrogen (secondary N) is 4. The van der Waals surface area contributed by atoms with Crippen LogP contribution in [-0.4, -0.2) is 63.9 Å². The first-order chi connectivity index (χ1) is 17.8. The number of benzene rings is 1. The molecule has 4 unspecified atom stereocenters. The van der Waals surface area contributed by atoms with E-state index in [2.05, 4.69) is 20.9 Å². The fourth-order valence-electron chi connectivity index (χ4n) is 3.98. The first kappa shape index (κ1) is 30.3. The lowest BCUT2D eigenvalue weighted by molar-refractivity contribution is -0.143. The molecule has 0 saturated heterocycles. The summed E-state index contributed by atoms with van der Waals surface area (Å²) in [5.41, 5.74) is 12.5. The molecule has 0 aliphatic rings. The van der Waals surface area contributed by atoms with Gasteiger partial charge in [-0.05, 0) is 29.9 Å². The SMILES string of the molecule is CC(C)C(NC(=O)C(Cc1c[nH]c2ccccc12)NC(=O)C(NC(=O)C(N)CCC(N)=O)C(C)C)C(=O)O. The van der Waals surface area contributed by atoms with Gasteiger partial charge in [0.05, 0.1) is 6.04 Å². The second kappa shape index (κ2) is 13.6. The molecule has 0 aliphatic carbocycles. The summed E-state index contributed by atoms with van der Waals surface area (Å²) in [5, 5.41) is 18.2. The number of hydrogen-bond acceptors (Lipinski definition) is 6. The first-order valence-corrected chi connectivity index (χ1v) is 12.5. The maximum Gasteiger partial charge on any atom is 0.326 e. The van der Waals surface area contributed by atoms with E-state index in [-0.39, 0.29) is 25.2 Å². The van der Waals surface area contributed by atoms with E-state index in [1.54, 1.807) is 33.9 Å². The van der Waals surface area contributed by atoms with Crippen LogP contribution in [0.1, 0.15) is 46.1 Å². The highest BCUT2D eigenvalue weighted by atomic mass is 16.4. The predicted molar refractivity (Wildman–Crippen MR) is 142 cm³/mol. The Kier molecular flexibility index (Phi) is 10.8. The van der Waals surface area contributed by atoms with Gasteiger partial charge in [0.2, 0.25) is 23.6 Å². The number of primary amides is 1. The number of carbonyl (C=O) groups is 5. The van der Waals surface area contributed by atoms with Gasteiger partial charge in [0.1, 0.15) is 18.1 Å². The van der Waals surface area contributed by atoms with Crippen molar-refractivity contribution in [1.82, 2.24) is 20.9 Å². The molecule has 2 rings (SSSR count). The molecule has 0 fully saturated rings. The average Bonchev–Trinajstić information content (AvgIpc) is 3.25. The quantitative estimate of drug-likeness (QED) is 0.180. The average molecular weight is 531 g/mol. The summed E-state index contributed by atoms with van der Waals surface area (Å²) in [4.78, 5) is 65.0. The van der Waals surface area contributed by atoms with Crippen molar-refractivity contribution in [3.05, 3.63) is 36.0 Å². The fraction of sp³-hybridized carbons (Fsp3) is 0.500. The topological polar surface area (TPSA) is 210 Å². The Morgan fingerprint density at radius 2 is 1.50 bits per heavy atom. The lowest BCUT2D eigenvalue weighted by atomic mass is 9.99. The van der Waals surface area contributed by atoms with Gasteiger partial charge in [-0.15, -0.1) is 0 Å². The molecule has 4 atom stereocenters. The molecule has 1 heterocycles. The summed E-state index contributed by atoms with van der Waals surface area (Å²) >= 11 is 0. The van der Waals surface area contributed by atoms with Crippen LogP contribution >= 0.6 is 0 Å². The van der Waals surface area contributed by atoms with Crippen molar-refractivity contribution in [2.75, 3.05) is 0 Å². The van der Waals surface area contributed by atoms with E-state index < -0.39 is 59.7 Å². The highest BCUT2D eigenvalue weighted by Gasteiger charge is 2.33. The second-order valence-electron chi connectivity index (χ2n) is 10.0. The number of aliphatic carboxylic acids is 1. The number of fused-ring (bicyclic) bond motifs is 1. The number of H-pyrrole nitrogens is 1. The van der Waals surface area contributed by atoms with Crippen molar-refractivity contribution >= 4 is 40.5 Å². The Morgan fingerprint density at radius 1 is 0.895 bits per heavy atom. The molecule has 9 N–H and O–H groups in total. The zero-order valence-electron chi connectivity index (χ0n) is 22.1. The Bertz CT molecular complexity index is 1160. The molecule has 0 spiro atoms. The maximum absolute atomic E-state index is 13.3. The van der Waals surface area contributed by atoms with Gasteiger partial charge in [-0.2, -0.15) is 0 Å². The van der Waals surface area contributed by atoms with Gasteiger partial charge in [0, 0.05) is 29.9 Å². The molecule has 0 bridgehead atoms. The minimum Gasteiger partial charge on any atom is -0.480 e. The van der Waals surface area contributed by atoms with Gasteiger partial charge in [-0.1, -0.05) is 45.9 Å². The van der Waals surface area contributed by atoms with Crippen molar-refractivity contribution in [2.24, 2.45) is 23.3 Å². The van der Waals surface area contributed by atoms with Crippen LogP contribution < -0.4 is 27.4 Å². The summed E-state index contributed by atoms with van der Waals surface area (Å²) in [7, 11) is 0. The number of aromatic amines is 1. The number of carboxylic acids is 1. The number of rotatable bonds is 14. The molecule has 12 heteroatoms. The Labute approximate surface area is 221 Å². The van der Waals surface area contributed by atoms with Crippen LogP contribution in [-0.2, 0) is 30.4 Å². The minimum absolute atomic E-state index is 0.0188. The fourth-order valence-corrected chi connectivity index (χ4v) is 3.98. The third-order valence-electron chi connectivity index (χ3n) is 6.25. The highest BCUT2D eigenvalue weighted by Crippen LogP contribution is 2.19. The molecule has 38 heavy (non-hydrogen) atoms. The Hall–Kier alpha value is -3.93. The summed E-state index contributed by atoms with van der Waals surface area (Å²) in [6.07, 6.45) is 1.74. The summed E-state index contributed by atoms with van der Waals surface area (Å²) in [6, 6.07) is 3.06. The van der Waals surface area contributed by atoms with Gasteiger partial charge in [-0.25, -0.2) is 4.79 Å². The summed E-state index contributed by atoms with van der Waals surface area (Å²) in [6.45, 7) is 6.76. The zero-order valence-corrected chi connectivity index (χ0v) is 22.1. The lowest BCUT2D eigenvalue weighted by Gasteiger charge is -2.27. The maximum atomic E-state index is 13.3. The molecule has 2 aromatic rings. The Balaban J connectivity index is 2.28. The van der Waals surface area contributed by atoms with Crippen LogP contribution in [0.3, 0.4) is 0 Å². The van der Waals surface area contributed by atoms with Crippen LogP contribution in [0.2, 0.25) is 0 Å². The second-order valence-corrected chi connectivity index (χ2v) is 10.0. The van der Waals surface area contributed by atoms with E-state index in [4.69, 9.17) is 11.5 Å². The number of carboxylic acid groups (broad SMARTS) is 1. The number of amides is 4. The predicted octanol–water partition coefficient (Wildman–Crippen LogP) is 0.154. The van der Waals surface area contributed by atoms with E-state index in [0.29, 0.717) is 0 Å². The van der Waals surface area contributed by atoms with E-state index in [9.17, 15) is 29.1 Å². The van der Waals surface area contributed by atoms with Gasteiger partial charge in [0.25, 0.3) is 0 Å². The van der Waals surface area contributed by atoms with Crippen LogP contribution in [0.25, 0.3) is 10.9 Å². The van der Waals surface area contributed by atoms with Crippen LogP contribution in [0.4, 0.5) is 0 Å². The molecule has 0 aliphatic heterocycles. The molecule has 4 amide bonds. The van der Waals surface area contributed by atoms with Gasteiger partial charge < -0.3 is 37.5 Å². The van der Waals surface area contributed by atoms with E-state index in [1.165, 1.54) is 0 Å². The van der Waals surface area contributed by atoms with Crippen molar-refractivity contribution in [3.8, 4) is 0 Å². The molecule has 1 aromatic carbocycles. The molecular weight excluding hydrogens is 492 g/mol. The van der Waals surface area contributed by atoms with Crippen LogP contribution in [0, 0.1) is 11.8 Å². The molecule has 1 aromatic heterocycles. The normalized spacial score (nSPS) is 14.5. The largest absolute Gasteiger partial charge is 0.480 e. The van der Waals surface area contributed by atoms with Crippen molar-refractivity contribution in [2.45, 2.75) is 71.1 Å². The lowest BCUT2D eigenvalue weighted by Crippen LogP contribution is -2.59. The number of hydrogen-bond donors (Lipinski definition) is 7. The standard InChI is InChI=1S/C26H38N6O6/c1-13(2)21(31-23(34)17(27)9-10-20(28)33)25(36)30-19(24(35)32-22(14(3)4)26(37)38)11-15-12-29-18-8-6-5-7-16(15)18/h5-8,12-14,17,19,21-22,29H,9-11,27H2,1-4H3,(H2,28,33)(H,30,36)(H,31,34)(H,32,35)(H,37,38).